The van der Waals surface area contributed by atoms with Gasteiger partial charge in [0.25, 0.3) is 10.2 Å². The number of thiophene rings is 1. The largest absolute Gasteiger partial charge is 0.340 e. The van der Waals surface area contributed by atoms with Crippen molar-refractivity contribution in [3.63, 3.8) is 0 Å². The number of benzene rings is 1. The molecular formula is C18H17ClFN5O3S2. The molecule has 158 valence electrons. The number of aryl methyl sites for hydroxylation is 1. The molecule has 8 nitrogen and oxygen atoms in total. The molecule has 0 radical (unpaired) electrons. The molecule has 1 aliphatic heterocycles. The molecular weight excluding hydrogens is 453 g/mol. The Morgan fingerprint density at radius 1 is 1.33 bits per heavy atom. The minimum Gasteiger partial charge on any atom is -0.340 e. The number of aromatic nitrogens is 2. The summed E-state index contributed by atoms with van der Waals surface area (Å²) < 4.78 is 44.6. The van der Waals surface area contributed by atoms with E-state index in [1.165, 1.54) is 23.5 Å². The summed E-state index contributed by atoms with van der Waals surface area (Å²) in [7, 11) is -2.03. The first-order valence-corrected chi connectivity index (χ1v) is 11.5. The topological polar surface area (TPSA) is 105 Å². The van der Waals surface area contributed by atoms with Crippen LogP contribution in [0, 0.1) is 5.82 Å². The lowest BCUT2D eigenvalue weighted by atomic mass is 10.1. The van der Waals surface area contributed by atoms with E-state index >= 15 is 0 Å². The van der Waals surface area contributed by atoms with Crippen molar-refractivity contribution in [3.05, 3.63) is 58.6 Å². The van der Waals surface area contributed by atoms with Crippen LogP contribution in [0.25, 0.3) is 10.6 Å². The van der Waals surface area contributed by atoms with Crippen molar-refractivity contribution in [1.29, 1.82) is 0 Å². The first-order valence-electron chi connectivity index (χ1n) is 8.84. The first kappa shape index (κ1) is 20.9. The Hall–Kier alpha value is -2.31. The molecule has 1 aromatic carbocycles. The summed E-state index contributed by atoms with van der Waals surface area (Å²) in [5.41, 5.74) is 1.06. The van der Waals surface area contributed by atoms with Crippen molar-refractivity contribution in [2.75, 3.05) is 5.32 Å². The van der Waals surface area contributed by atoms with Gasteiger partial charge in [0.05, 0.1) is 28.0 Å². The van der Waals surface area contributed by atoms with Crippen LogP contribution in [-0.4, -0.2) is 29.9 Å². The van der Waals surface area contributed by atoms with E-state index in [1.54, 1.807) is 6.33 Å². The van der Waals surface area contributed by atoms with E-state index in [4.69, 9.17) is 11.6 Å². The number of carbonyl (C=O) groups is 1. The van der Waals surface area contributed by atoms with Gasteiger partial charge in [0.1, 0.15) is 11.9 Å². The molecule has 3 heterocycles. The molecule has 1 fully saturated rings. The van der Waals surface area contributed by atoms with Crippen molar-refractivity contribution >= 4 is 44.7 Å². The average molecular weight is 470 g/mol. The van der Waals surface area contributed by atoms with Crippen LogP contribution in [0.5, 0.6) is 0 Å². The van der Waals surface area contributed by atoms with Crippen LogP contribution >= 0.6 is 22.9 Å². The van der Waals surface area contributed by atoms with E-state index in [2.05, 4.69) is 19.7 Å². The van der Waals surface area contributed by atoms with Crippen molar-refractivity contribution in [3.8, 4) is 10.6 Å². The van der Waals surface area contributed by atoms with E-state index in [9.17, 15) is 17.6 Å². The van der Waals surface area contributed by atoms with E-state index in [1.807, 2.05) is 29.9 Å². The quantitative estimate of drug-likeness (QED) is 0.546. The minimum atomic E-state index is -3.89. The van der Waals surface area contributed by atoms with Gasteiger partial charge in [-0.05, 0) is 36.8 Å². The fourth-order valence-corrected chi connectivity index (χ4v) is 5.63. The molecule has 0 spiro atoms. The predicted molar refractivity (Wildman–Crippen MR) is 113 cm³/mol. The fourth-order valence-electron chi connectivity index (χ4n) is 3.10. The van der Waals surface area contributed by atoms with Gasteiger partial charge in [0.2, 0.25) is 5.91 Å². The van der Waals surface area contributed by atoms with Crippen LogP contribution in [0.1, 0.15) is 17.3 Å². The van der Waals surface area contributed by atoms with Gasteiger partial charge >= 0.3 is 0 Å². The maximum atomic E-state index is 13.3. The van der Waals surface area contributed by atoms with Gasteiger partial charge in [-0.15, -0.1) is 11.3 Å². The number of rotatable bonds is 4. The van der Waals surface area contributed by atoms with E-state index in [0.29, 0.717) is 0 Å². The third kappa shape index (κ3) is 4.55. The lowest BCUT2D eigenvalue weighted by Gasteiger charge is -2.29. The Morgan fingerprint density at radius 2 is 2.13 bits per heavy atom. The second-order valence-corrected chi connectivity index (χ2v) is 9.83. The van der Waals surface area contributed by atoms with E-state index < -0.39 is 34.0 Å². The van der Waals surface area contributed by atoms with Gasteiger partial charge in [0, 0.05) is 23.8 Å². The molecule has 3 N–H and O–H groups in total. The Bertz CT molecular complexity index is 1210. The fraction of sp³-hybridized carbons (Fsp3) is 0.222. The first-order chi connectivity index (χ1) is 14.2. The van der Waals surface area contributed by atoms with Gasteiger partial charge < -0.3 is 9.88 Å². The maximum absolute atomic E-state index is 13.3. The van der Waals surface area contributed by atoms with Gasteiger partial charge in [-0.2, -0.15) is 17.9 Å². The Morgan fingerprint density at radius 3 is 2.83 bits per heavy atom. The molecule has 1 saturated heterocycles. The van der Waals surface area contributed by atoms with Crippen molar-refractivity contribution in [1.82, 2.24) is 19.0 Å². The Labute approximate surface area is 181 Å². The van der Waals surface area contributed by atoms with Crippen molar-refractivity contribution in [2.24, 2.45) is 7.05 Å². The SMILES string of the molecule is Cn1cnc(-c2ccc([C@H]3C[C@@H](C(=O)Nc4ccc(F)c(Cl)c4)NS(=O)(=O)N3)s2)c1. The zero-order valence-electron chi connectivity index (χ0n) is 15.6. The molecule has 12 heteroatoms. The predicted octanol–water partition coefficient (Wildman–Crippen LogP) is 2.82. The molecule has 2 atom stereocenters. The normalized spacial score (nSPS) is 20.8. The summed E-state index contributed by atoms with van der Waals surface area (Å²) in [6.07, 6.45) is 3.75. The lowest BCUT2D eigenvalue weighted by molar-refractivity contribution is -0.118. The monoisotopic (exact) mass is 469 g/mol. The smallest absolute Gasteiger partial charge is 0.278 e. The van der Waals surface area contributed by atoms with Crippen LogP contribution in [0.2, 0.25) is 5.02 Å². The molecule has 2 aromatic heterocycles. The summed E-state index contributed by atoms with van der Waals surface area (Å²) in [5, 5.41) is 2.43. The molecule has 0 unspecified atom stereocenters. The van der Waals surface area contributed by atoms with E-state index in [-0.39, 0.29) is 17.1 Å². The number of hydrogen-bond acceptors (Lipinski definition) is 5. The highest BCUT2D eigenvalue weighted by Crippen LogP contribution is 2.34. The highest BCUT2D eigenvalue weighted by atomic mass is 35.5. The number of hydrogen-bond donors (Lipinski definition) is 3. The molecule has 1 aliphatic rings. The second kappa shape index (κ2) is 8.08. The van der Waals surface area contributed by atoms with E-state index in [0.717, 1.165) is 21.5 Å². The zero-order valence-corrected chi connectivity index (χ0v) is 18.0. The maximum Gasteiger partial charge on any atom is 0.278 e. The second-order valence-electron chi connectivity index (χ2n) is 6.82. The van der Waals surface area contributed by atoms with Crippen molar-refractivity contribution < 1.29 is 17.6 Å². The molecule has 3 aromatic rings. The van der Waals surface area contributed by atoms with Gasteiger partial charge in [-0.3, -0.25) is 4.79 Å². The van der Waals surface area contributed by atoms with Crippen LogP contribution in [0.4, 0.5) is 10.1 Å². The average Bonchev–Trinajstić information content (AvgIpc) is 3.32. The van der Waals surface area contributed by atoms with Crippen LogP contribution in [0.3, 0.4) is 0 Å². The molecule has 30 heavy (non-hydrogen) atoms. The number of anilines is 1. The van der Waals surface area contributed by atoms with Crippen LogP contribution in [-0.2, 0) is 22.1 Å². The number of nitrogens with one attached hydrogen (secondary N) is 3. The molecule has 0 saturated carbocycles. The highest BCUT2D eigenvalue weighted by Gasteiger charge is 2.36. The van der Waals surface area contributed by atoms with Gasteiger partial charge in [-0.1, -0.05) is 11.6 Å². The van der Waals surface area contributed by atoms with Crippen LogP contribution in [0.15, 0.2) is 42.9 Å². The standard InChI is InChI=1S/C18H17ClFN5O3S2/c1-25-8-15(21-9-25)17-5-4-16(29-17)13-7-14(24-30(27,28)23-13)18(26)22-10-2-3-12(20)11(19)6-10/h2-6,8-9,13-14,23-24H,7H2,1H3,(H,22,26)/t13-,14+/m1/s1. The minimum absolute atomic E-state index is 0.141. The lowest BCUT2D eigenvalue weighted by Crippen LogP contribution is -2.55. The summed E-state index contributed by atoms with van der Waals surface area (Å²) in [4.78, 5) is 18.6. The molecule has 1 amide bonds. The third-order valence-electron chi connectivity index (χ3n) is 4.50. The molecule has 0 aliphatic carbocycles. The number of nitrogens with zero attached hydrogens (tertiary/aromatic N) is 2. The molecule has 4 rings (SSSR count). The Balaban J connectivity index is 1.52. The summed E-state index contributed by atoms with van der Waals surface area (Å²) in [5.74, 6) is -1.17. The number of amides is 1. The number of halogens is 2. The summed E-state index contributed by atoms with van der Waals surface area (Å²) >= 11 is 7.14. The Kier molecular flexibility index (Phi) is 5.64. The van der Waals surface area contributed by atoms with Gasteiger partial charge in [-0.25, -0.2) is 9.37 Å². The highest BCUT2D eigenvalue weighted by molar-refractivity contribution is 7.87. The third-order valence-corrected chi connectivity index (χ3v) is 7.20. The summed E-state index contributed by atoms with van der Waals surface area (Å²) in [6.45, 7) is 0. The zero-order chi connectivity index (χ0) is 21.5. The number of imidazole rings is 1. The number of carbonyl (C=O) groups excluding carboxylic acids is 1. The summed E-state index contributed by atoms with van der Waals surface area (Å²) in [6, 6.07) is 5.84. The molecule has 0 bridgehead atoms. The van der Waals surface area contributed by atoms with Crippen molar-refractivity contribution in [2.45, 2.75) is 18.5 Å². The van der Waals surface area contributed by atoms with Gasteiger partial charge in [0.15, 0.2) is 0 Å². The van der Waals surface area contributed by atoms with Crippen LogP contribution < -0.4 is 14.8 Å².